The lowest BCUT2D eigenvalue weighted by molar-refractivity contribution is 0.0966. The second kappa shape index (κ2) is 8.54. The number of aryl methyl sites for hydroxylation is 1. The number of hydrogen-bond donors (Lipinski definition) is 1. The van der Waals surface area contributed by atoms with Crippen LogP contribution >= 0.6 is 0 Å². The summed E-state index contributed by atoms with van der Waals surface area (Å²) in [5, 5.41) is 12.2. The summed E-state index contributed by atoms with van der Waals surface area (Å²) >= 11 is 0. The Morgan fingerprint density at radius 3 is 1.92 bits per heavy atom. The molecule has 4 aromatic carbocycles. The van der Waals surface area contributed by atoms with Gasteiger partial charge in [-0.25, -0.2) is 4.98 Å². The highest BCUT2D eigenvalue weighted by molar-refractivity contribution is 5.54. The largest absolute Gasteiger partial charge is 0.379 e. The van der Waals surface area contributed by atoms with Gasteiger partial charge >= 0.3 is 0 Å². The molecule has 7 rings (SSSR count). The van der Waals surface area contributed by atoms with Crippen LogP contribution in [0.4, 0.5) is 0 Å². The van der Waals surface area contributed by atoms with Gasteiger partial charge in [-0.2, -0.15) is 0 Å². The number of aliphatic hydroxyl groups is 1. The van der Waals surface area contributed by atoms with Crippen molar-refractivity contribution in [1.82, 2.24) is 9.55 Å². The normalized spacial score (nSPS) is 19.4. The Bertz CT molecular complexity index is 1510. The average Bonchev–Trinajstić information content (AvgIpc) is 3.36. The maximum Gasteiger partial charge on any atom is 0.130 e. The molecule has 1 fully saturated rings. The maximum absolute atomic E-state index is 12.2. The second-order valence-corrected chi connectivity index (χ2v) is 11.2. The van der Waals surface area contributed by atoms with Gasteiger partial charge in [-0.15, -0.1) is 0 Å². The summed E-state index contributed by atoms with van der Waals surface area (Å²) in [4.78, 5) is 4.91. The molecule has 188 valence electrons. The summed E-state index contributed by atoms with van der Waals surface area (Å²) in [7, 11) is 0. The van der Waals surface area contributed by atoms with Crippen LogP contribution in [0.2, 0.25) is 0 Å². The molecule has 1 saturated carbocycles. The van der Waals surface area contributed by atoms with E-state index in [1.807, 2.05) is 13.3 Å². The van der Waals surface area contributed by atoms with Crippen molar-refractivity contribution in [1.29, 1.82) is 0 Å². The van der Waals surface area contributed by atoms with Crippen molar-refractivity contribution in [2.75, 3.05) is 0 Å². The summed E-state index contributed by atoms with van der Waals surface area (Å²) in [5.74, 6) is 1.43. The van der Waals surface area contributed by atoms with Crippen molar-refractivity contribution in [2.45, 2.75) is 43.7 Å². The van der Waals surface area contributed by atoms with Gasteiger partial charge in [0, 0.05) is 6.20 Å². The molecule has 3 unspecified atom stereocenters. The zero-order valence-electron chi connectivity index (χ0n) is 21.9. The third-order valence-electron chi connectivity index (χ3n) is 8.78. The molecule has 3 heteroatoms. The Labute approximate surface area is 224 Å². The van der Waals surface area contributed by atoms with Crippen molar-refractivity contribution in [3.8, 4) is 0 Å². The van der Waals surface area contributed by atoms with E-state index in [2.05, 4.69) is 121 Å². The Morgan fingerprint density at radius 2 is 1.37 bits per heavy atom. The summed E-state index contributed by atoms with van der Waals surface area (Å²) in [6.07, 6.45) is 6.30. The van der Waals surface area contributed by atoms with Gasteiger partial charge in [-0.3, -0.25) is 0 Å². The third-order valence-corrected chi connectivity index (χ3v) is 8.78. The first kappa shape index (κ1) is 23.2. The first-order valence-corrected chi connectivity index (χ1v) is 13.6. The first-order valence-electron chi connectivity index (χ1n) is 13.6. The second-order valence-electron chi connectivity index (χ2n) is 11.2. The Hall–Kier alpha value is -3.95. The van der Waals surface area contributed by atoms with Crippen LogP contribution in [0, 0.1) is 12.8 Å². The van der Waals surface area contributed by atoms with Gasteiger partial charge in [-0.1, -0.05) is 109 Å². The minimum Gasteiger partial charge on any atom is -0.379 e. The lowest BCUT2D eigenvalue weighted by Crippen LogP contribution is -2.37. The summed E-state index contributed by atoms with van der Waals surface area (Å²) in [5.41, 5.74) is 7.21. The number of fused-ring (bicyclic) bond motifs is 3. The Morgan fingerprint density at radius 1 is 0.816 bits per heavy atom. The minimum absolute atomic E-state index is 0.651. The number of aromatic nitrogens is 2. The SMILES string of the molecule is Cc1cc2c(c(C(C)(O)c3cn(C(c4ccccc4)(c4ccccc4)c4ccccc4)cn3)c1)CC1CC21. The van der Waals surface area contributed by atoms with Gasteiger partial charge in [0.2, 0.25) is 0 Å². The molecular weight excluding hydrogens is 464 g/mol. The number of nitrogens with zero attached hydrogens (tertiary/aromatic N) is 2. The van der Waals surface area contributed by atoms with E-state index in [-0.39, 0.29) is 0 Å². The molecule has 5 aromatic rings. The molecule has 38 heavy (non-hydrogen) atoms. The molecule has 0 radical (unpaired) electrons. The van der Waals surface area contributed by atoms with Crippen LogP contribution in [0.25, 0.3) is 0 Å². The maximum atomic E-state index is 12.2. The predicted octanol–water partition coefficient (Wildman–Crippen LogP) is 6.95. The van der Waals surface area contributed by atoms with Crippen molar-refractivity contribution < 1.29 is 5.11 Å². The van der Waals surface area contributed by atoms with Crippen molar-refractivity contribution in [3.63, 3.8) is 0 Å². The van der Waals surface area contributed by atoms with Crippen LogP contribution in [0.1, 0.15) is 63.9 Å². The van der Waals surface area contributed by atoms with Gasteiger partial charge in [0.15, 0.2) is 0 Å². The van der Waals surface area contributed by atoms with Crippen LogP contribution in [-0.4, -0.2) is 14.7 Å². The molecule has 1 N–H and O–H groups in total. The molecule has 0 amide bonds. The summed E-state index contributed by atoms with van der Waals surface area (Å²) in [6, 6.07) is 36.3. The van der Waals surface area contributed by atoms with Crippen LogP contribution in [0.5, 0.6) is 0 Å². The summed E-state index contributed by atoms with van der Waals surface area (Å²) < 4.78 is 2.18. The van der Waals surface area contributed by atoms with Crippen molar-refractivity contribution in [3.05, 3.63) is 160 Å². The van der Waals surface area contributed by atoms with E-state index in [1.54, 1.807) is 0 Å². The van der Waals surface area contributed by atoms with E-state index < -0.39 is 11.1 Å². The molecule has 2 aliphatic rings. The van der Waals surface area contributed by atoms with E-state index in [0.29, 0.717) is 11.6 Å². The molecule has 2 aliphatic carbocycles. The fraction of sp³-hybridized carbons (Fsp3) is 0.229. The number of benzene rings is 4. The fourth-order valence-electron chi connectivity index (χ4n) is 6.83. The quantitative estimate of drug-likeness (QED) is 0.258. The minimum atomic E-state index is -1.20. The van der Waals surface area contributed by atoms with Gasteiger partial charge in [0.25, 0.3) is 0 Å². The van der Waals surface area contributed by atoms with Gasteiger partial charge in [-0.05, 0) is 71.9 Å². The van der Waals surface area contributed by atoms with E-state index in [1.165, 1.54) is 23.1 Å². The molecular formula is C35H32N2O. The standard InChI is InChI=1S/C35H32N2O/c1-24-18-30-29-20-25(29)21-31(30)32(19-24)34(2,38)33-22-37(23-36-33)35(26-12-6-3-7-13-26,27-14-8-4-9-15-27)28-16-10-5-11-17-28/h3-19,22-23,25,29,38H,20-21H2,1-2H3. The number of imidazole rings is 1. The summed E-state index contributed by atoms with van der Waals surface area (Å²) in [6.45, 7) is 4.05. The molecule has 0 spiro atoms. The fourth-order valence-corrected chi connectivity index (χ4v) is 6.83. The molecule has 3 nitrogen and oxygen atoms in total. The van der Waals surface area contributed by atoms with Crippen molar-refractivity contribution in [2.24, 2.45) is 5.92 Å². The zero-order valence-corrected chi connectivity index (χ0v) is 21.9. The van der Waals surface area contributed by atoms with Crippen LogP contribution < -0.4 is 0 Å². The zero-order chi connectivity index (χ0) is 25.9. The molecule has 0 bridgehead atoms. The van der Waals surface area contributed by atoms with Crippen molar-refractivity contribution >= 4 is 0 Å². The first-order chi connectivity index (χ1) is 18.5. The van der Waals surface area contributed by atoms with Crippen LogP contribution in [0.3, 0.4) is 0 Å². The molecule has 1 heterocycles. The highest BCUT2D eigenvalue weighted by Gasteiger charge is 2.48. The van der Waals surface area contributed by atoms with E-state index >= 15 is 0 Å². The lowest BCUT2D eigenvalue weighted by Gasteiger charge is -2.37. The highest BCUT2D eigenvalue weighted by atomic mass is 16.3. The van der Waals surface area contributed by atoms with Gasteiger partial charge in [0.1, 0.15) is 11.1 Å². The van der Waals surface area contributed by atoms with Gasteiger partial charge < -0.3 is 9.67 Å². The predicted molar refractivity (Wildman–Crippen MR) is 151 cm³/mol. The number of rotatable bonds is 6. The topological polar surface area (TPSA) is 38.0 Å². The smallest absolute Gasteiger partial charge is 0.130 e. The third kappa shape index (κ3) is 3.42. The molecule has 0 saturated heterocycles. The van der Waals surface area contributed by atoms with E-state index in [4.69, 9.17) is 4.98 Å². The van der Waals surface area contributed by atoms with Crippen LogP contribution in [-0.2, 0) is 17.6 Å². The van der Waals surface area contributed by atoms with E-state index in [0.717, 1.165) is 34.6 Å². The van der Waals surface area contributed by atoms with E-state index in [9.17, 15) is 5.11 Å². The lowest BCUT2D eigenvalue weighted by atomic mass is 9.76. The monoisotopic (exact) mass is 496 g/mol. The van der Waals surface area contributed by atoms with Gasteiger partial charge in [0.05, 0.1) is 12.0 Å². The Balaban J connectivity index is 1.44. The molecule has 3 atom stereocenters. The number of hydrogen-bond acceptors (Lipinski definition) is 2. The van der Waals surface area contributed by atoms with Crippen LogP contribution in [0.15, 0.2) is 116 Å². The average molecular weight is 497 g/mol. The molecule has 1 aromatic heterocycles. The highest BCUT2D eigenvalue weighted by Crippen LogP contribution is 2.58. The Kier molecular flexibility index (Phi) is 5.21. The molecule has 0 aliphatic heterocycles.